The van der Waals surface area contributed by atoms with Crippen molar-refractivity contribution >= 4 is 34.0 Å². The number of nitrogens with one attached hydrogen (secondary N) is 1. The number of nitriles is 1. The third kappa shape index (κ3) is 4.57. The zero-order valence-corrected chi connectivity index (χ0v) is 18.9. The highest BCUT2D eigenvalue weighted by Gasteiger charge is 2.24. The number of carbonyl (C=O) groups is 1. The van der Waals surface area contributed by atoms with Crippen LogP contribution in [0, 0.1) is 11.3 Å². The molecule has 10 heteroatoms. The average molecular weight is 455 g/mol. The number of nitrogens with zero attached hydrogens (tertiary/aromatic N) is 5. The van der Waals surface area contributed by atoms with E-state index >= 15 is 0 Å². The number of ether oxygens (including phenoxy) is 1. The van der Waals surface area contributed by atoms with Crippen LogP contribution in [0.4, 0.5) is 5.00 Å². The molecular weight excluding hydrogens is 432 g/mol. The third-order valence-electron chi connectivity index (χ3n) is 5.18. The molecule has 0 saturated heterocycles. The Bertz CT molecular complexity index is 1120. The van der Waals surface area contributed by atoms with Gasteiger partial charge in [0.15, 0.2) is 0 Å². The Morgan fingerprint density at radius 1 is 1.29 bits per heavy atom. The molecule has 3 aromatic rings. The van der Waals surface area contributed by atoms with E-state index in [-0.39, 0.29) is 5.91 Å². The second-order valence-corrected chi connectivity index (χ2v) is 9.61. The summed E-state index contributed by atoms with van der Waals surface area (Å²) in [5.41, 5.74) is 2.51. The Hall–Kier alpha value is -2.90. The molecule has 0 saturated carbocycles. The van der Waals surface area contributed by atoms with E-state index in [0.29, 0.717) is 15.7 Å². The van der Waals surface area contributed by atoms with E-state index in [9.17, 15) is 10.1 Å². The number of thiophene rings is 1. The minimum Gasteiger partial charge on any atom is -0.497 e. The van der Waals surface area contributed by atoms with Gasteiger partial charge in [0.2, 0.25) is 11.1 Å². The lowest BCUT2D eigenvalue weighted by Gasteiger charge is -2.11. The van der Waals surface area contributed by atoms with Crippen LogP contribution in [0.3, 0.4) is 0 Å². The number of hydrogen-bond acceptors (Lipinski definition) is 8. The monoisotopic (exact) mass is 454 g/mol. The topological polar surface area (TPSA) is 106 Å². The highest BCUT2D eigenvalue weighted by molar-refractivity contribution is 8.00. The summed E-state index contributed by atoms with van der Waals surface area (Å²) in [5.74, 6) is 0.559. The van der Waals surface area contributed by atoms with Crippen LogP contribution in [0.15, 0.2) is 29.4 Å². The van der Waals surface area contributed by atoms with Crippen LogP contribution in [-0.4, -0.2) is 38.5 Å². The van der Waals surface area contributed by atoms with Gasteiger partial charge in [0, 0.05) is 4.88 Å². The molecule has 0 spiro atoms. The number of fused-ring (bicyclic) bond motifs is 1. The quantitative estimate of drug-likeness (QED) is 0.443. The molecule has 4 rings (SSSR count). The van der Waals surface area contributed by atoms with Gasteiger partial charge < -0.3 is 10.1 Å². The van der Waals surface area contributed by atoms with E-state index in [1.54, 1.807) is 18.7 Å². The van der Waals surface area contributed by atoms with E-state index in [0.717, 1.165) is 42.7 Å². The molecule has 1 aromatic carbocycles. The van der Waals surface area contributed by atoms with Crippen LogP contribution >= 0.6 is 23.1 Å². The molecule has 1 atom stereocenters. The molecule has 1 amide bonds. The molecule has 31 heavy (non-hydrogen) atoms. The van der Waals surface area contributed by atoms with Gasteiger partial charge in [-0.25, -0.2) is 0 Å². The second-order valence-electron chi connectivity index (χ2n) is 7.20. The minimum absolute atomic E-state index is 0.179. The van der Waals surface area contributed by atoms with Gasteiger partial charge in [-0.3, -0.25) is 4.79 Å². The van der Waals surface area contributed by atoms with Gasteiger partial charge in [-0.15, -0.1) is 16.4 Å². The largest absolute Gasteiger partial charge is 0.497 e. The molecule has 1 N–H and O–H groups in total. The number of aryl methyl sites for hydroxylation is 1. The zero-order chi connectivity index (χ0) is 21.8. The first-order valence-corrected chi connectivity index (χ1v) is 11.7. The first kappa shape index (κ1) is 21.3. The predicted octanol–water partition coefficient (Wildman–Crippen LogP) is 3.99. The summed E-state index contributed by atoms with van der Waals surface area (Å²) >= 11 is 2.80. The smallest absolute Gasteiger partial charge is 0.238 e. The molecule has 2 heterocycles. The third-order valence-corrected chi connectivity index (χ3v) is 7.42. The van der Waals surface area contributed by atoms with Crippen molar-refractivity contribution in [2.45, 2.75) is 49.4 Å². The number of carbonyl (C=O) groups excluding carboxylic acids is 1. The number of anilines is 1. The van der Waals surface area contributed by atoms with Crippen molar-refractivity contribution in [1.29, 1.82) is 5.26 Å². The fraction of sp³-hybridized carbons (Fsp3) is 0.381. The number of benzene rings is 1. The van der Waals surface area contributed by atoms with Crippen LogP contribution in [0.5, 0.6) is 5.75 Å². The van der Waals surface area contributed by atoms with E-state index in [1.807, 2.05) is 24.3 Å². The fourth-order valence-corrected chi connectivity index (χ4v) is 5.56. The number of amides is 1. The number of rotatable bonds is 6. The molecule has 2 aromatic heterocycles. The maximum Gasteiger partial charge on any atom is 0.238 e. The van der Waals surface area contributed by atoms with Gasteiger partial charge in [0.1, 0.15) is 16.8 Å². The Morgan fingerprint density at radius 2 is 2.06 bits per heavy atom. The molecule has 1 aliphatic carbocycles. The maximum atomic E-state index is 12.9. The summed E-state index contributed by atoms with van der Waals surface area (Å²) in [6.45, 7) is 1.80. The number of aromatic nitrogens is 4. The highest BCUT2D eigenvalue weighted by Crippen LogP contribution is 2.37. The van der Waals surface area contributed by atoms with Gasteiger partial charge in [-0.05, 0) is 72.9 Å². The lowest BCUT2D eigenvalue weighted by atomic mass is 10.1. The van der Waals surface area contributed by atoms with Crippen molar-refractivity contribution in [3.05, 3.63) is 40.3 Å². The molecular formula is C21H22N6O2S2. The molecule has 1 aliphatic rings. The number of tetrazole rings is 1. The number of methoxy groups -OCH3 is 1. The normalized spacial score (nSPS) is 14.2. The van der Waals surface area contributed by atoms with Crippen molar-refractivity contribution in [2.24, 2.45) is 0 Å². The Kier molecular flexibility index (Phi) is 6.53. The summed E-state index contributed by atoms with van der Waals surface area (Å²) < 4.78 is 6.77. The van der Waals surface area contributed by atoms with Gasteiger partial charge in [0.05, 0.1) is 23.6 Å². The van der Waals surface area contributed by atoms with Crippen molar-refractivity contribution in [3.63, 3.8) is 0 Å². The van der Waals surface area contributed by atoms with Gasteiger partial charge in [0.25, 0.3) is 0 Å². The lowest BCUT2D eigenvalue weighted by molar-refractivity contribution is -0.115. The first-order chi connectivity index (χ1) is 15.1. The standard InChI is InChI=1S/C21H22N6O2S2/c1-13(30-21-24-25-26-27(21)14-8-10-15(29-2)11-9-14)19(28)23-20-17(12-22)16-6-4-3-5-7-18(16)31-20/h8-11,13H,3-7H2,1-2H3,(H,23,28)/t13-/m0/s1. The Labute approximate surface area is 188 Å². The van der Waals surface area contributed by atoms with Crippen molar-refractivity contribution < 1.29 is 9.53 Å². The van der Waals surface area contributed by atoms with E-state index < -0.39 is 5.25 Å². The first-order valence-electron chi connectivity index (χ1n) is 10.1. The molecule has 0 unspecified atom stereocenters. The highest BCUT2D eigenvalue weighted by atomic mass is 32.2. The van der Waals surface area contributed by atoms with Crippen molar-refractivity contribution in [3.8, 4) is 17.5 Å². The summed E-state index contributed by atoms with van der Waals surface area (Å²) in [5, 5.41) is 25.2. The van der Waals surface area contributed by atoms with Gasteiger partial charge >= 0.3 is 0 Å². The summed E-state index contributed by atoms with van der Waals surface area (Å²) in [6.07, 6.45) is 5.29. The van der Waals surface area contributed by atoms with Crippen LogP contribution in [0.2, 0.25) is 0 Å². The molecule has 160 valence electrons. The Balaban J connectivity index is 1.48. The maximum absolute atomic E-state index is 12.9. The van der Waals surface area contributed by atoms with Crippen molar-refractivity contribution in [1.82, 2.24) is 20.2 Å². The summed E-state index contributed by atoms with van der Waals surface area (Å²) in [7, 11) is 1.61. The molecule has 8 nitrogen and oxygen atoms in total. The molecule has 0 aliphatic heterocycles. The van der Waals surface area contributed by atoms with Gasteiger partial charge in [-0.2, -0.15) is 9.94 Å². The number of thioether (sulfide) groups is 1. The van der Waals surface area contributed by atoms with E-state index in [4.69, 9.17) is 4.74 Å². The lowest BCUT2D eigenvalue weighted by Crippen LogP contribution is -2.23. The van der Waals surface area contributed by atoms with Crippen LogP contribution in [0.1, 0.15) is 42.2 Å². The minimum atomic E-state index is -0.448. The van der Waals surface area contributed by atoms with Gasteiger partial charge in [-0.1, -0.05) is 18.2 Å². The van der Waals surface area contributed by atoms with Crippen molar-refractivity contribution in [2.75, 3.05) is 12.4 Å². The average Bonchev–Trinajstić information content (AvgIpc) is 3.30. The molecule has 0 fully saturated rings. The molecule has 0 bridgehead atoms. The van der Waals surface area contributed by atoms with Crippen LogP contribution < -0.4 is 10.1 Å². The van der Waals surface area contributed by atoms with Crippen LogP contribution in [0.25, 0.3) is 5.69 Å². The molecule has 0 radical (unpaired) electrons. The number of hydrogen-bond donors (Lipinski definition) is 1. The van der Waals surface area contributed by atoms with E-state index in [1.165, 1.54) is 34.4 Å². The summed E-state index contributed by atoms with van der Waals surface area (Å²) in [4.78, 5) is 14.1. The second kappa shape index (κ2) is 9.49. The predicted molar refractivity (Wildman–Crippen MR) is 120 cm³/mol. The summed E-state index contributed by atoms with van der Waals surface area (Å²) in [6, 6.07) is 9.65. The fourth-order valence-electron chi connectivity index (χ4n) is 3.51. The van der Waals surface area contributed by atoms with E-state index in [2.05, 4.69) is 26.9 Å². The SMILES string of the molecule is COc1ccc(-n2nnnc2S[C@@H](C)C(=O)Nc2sc3c(c2C#N)CCCCC3)cc1. The Morgan fingerprint density at radius 3 is 2.81 bits per heavy atom. The zero-order valence-electron chi connectivity index (χ0n) is 17.3. The van der Waals surface area contributed by atoms with Crippen LogP contribution in [-0.2, 0) is 17.6 Å².